The van der Waals surface area contributed by atoms with Crippen LogP contribution in [-0.4, -0.2) is 16.7 Å². The van der Waals surface area contributed by atoms with E-state index in [-0.39, 0.29) is 6.71 Å². The van der Waals surface area contributed by atoms with E-state index in [1.165, 1.54) is 44.3 Å². The standard InChI is InChI=1S/C35H24BN3/c1-3-11-25(12-4-1)36-31-17-9-7-15-27(31)35(28-19-21-37-23-32(28)36)29-16-8-10-18-33(29)39(26-13-5-2-6-14-26)34-24-38-22-20-30(34)35/h1-24H. The van der Waals surface area contributed by atoms with Crippen LogP contribution >= 0.6 is 0 Å². The van der Waals surface area contributed by atoms with Gasteiger partial charge in [-0.25, -0.2) is 0 Å². The van der Waals surface area contributed by atoms with Gasteiger partial charge in [0.05, 0.1) is 23.0 Å². The van der Waals surface area contributed by atoms with Crippen molar-refractivity contribution in [3.63, 3.8) is 0 Å². The lowest BCUT2D eigenvalue weighted by atomic mass is 9.30. The van der Waals surface area contributed by atoms with Crippen molar-refractivity contribution in [1.82, 2.24) is 9.97 Å². The summed E-state index contributed by atoms with van der Waals surface area (Å²) in [5.41, 5.74) is 11.8. The Balaban J connectivity index is 1.53. The summed E-state index contributed by atoms with van der Waals surface area (Å²) in [6.45, 7) is 0.0985. The van der Waals surface area contributed by atoms with E-state index < -0.39 is 5.41 Å². The number of nitrogens with zero attached hydrogens (tertiary/aromatic N) is 3. The fourth-order valence-corrected chi connectivity index (χ4v) is 6.96. The average molecular weight is 497 g/mol. The van der Waals surface area contributed by atoms with Crippen LogP contribution in [0.4, 0.5) is 17.1 Å². The van der Waals surface area contributed by atoms with E-state index in [2.05, 4.69) is 142 Å². The van der Waals surface area contributed by atoms with Gasteiger partial charge in [0.25, 0.3) is 0 Å². The molecule has 182 valence electrons. The molecule has 0 saturated heterocycles. The molecule has 1 unspecified atom stereocenters. The molecular formula is C35H24BN3. The Morgan fingerprint density at radius 2 is 1.08 bits per heavy atom. The highest BCUT2D eigenvalue weighted by Gasteiger charge is 2.52. The minimum Gasteiger partial charge on any atom is -0.308 e. The summed E-state index contributed by atoms with van der Waals surface area (Å²) < 4.78 is 0. The molecule has 2 aromatic heterocycles. The molecule has 0 fully saturated rings. The number of anilines is 3. The number of benzene rings is 4. The first kappa shape index (κ1) is 22.1. The largest absolute Gasteiger partial charge is 0.308 e. The first-order chi connectivity index (χ1) is 19.4. The van der Waals surface area contributed by atoms with Gasteiger partial charge in [0, 0.05) is 24.3 Å². The van der Waals surface area contributed by atoms with Crippen LogP contribution in [0.15, 0.2) is 146 Å². The van der Waals surface area contributed by atoms with Crippen LogP contribution in [0, 0.1) is 0 Å². The molecule has 0 saturated carbocycles. The van der Waals surface area contributed by atoms with Crippen molar-refractivity contribution < 1.29 is 0 Å². The Kier molecular flexibility index (Phi) is 4.83. The first-order valence-corrected chi connectivity index (χ1v) is 13.4. The summed E-state index contributed by atoms with van der Waals surface area (Å²) in [6, 6.07) is 43.7. The highest BCUT2D eigenvalue weighted by Crippen LogP contribution is 2.57. The zero-order valence-electron chi connectivity index (χ0n) is 21.3. The molecule has 0 radical (unpaired) electrons. The molecule has 1 atom stereocenters. The van der Waals surface area contributed by atoms with Gasteiger partial charge in [-0.1, -0.05) is 102 Å². The lowest BCUT2D eigenvalue weighted by Gasteiger charge is -2.50. The predicted octanol–water partition coefficient (Wildman–Crippen LogP) is 5.47. The fourth-order valence-electron chi connectivity index (χ4n) is 6.96. The molecule has 4 aromatic carbocycles. The van der Waals surface area contributed by atoms with Gasteiger partial charge in [-0.3, -0.25) is 9.97 Å². The third kappa shape index (κ3) is 3.00. The van der Waals surface area contributed by atoms with Gasteiger partial charge in [-0.2, -0.15) is 0 Å². The molecule has 0 aliphatic carbocycles. The zero-order chi connectivity index (χ0) is 25.8. The summed E-state index contributed by atoms with van der Waals surface area (Å²) >= 11 is 0. The minimum atomic E-state index is -0.514. The summed E-state index contributed by atoms with van der Waals surface area (Å²) in [7, 11) is 0. The van der Waals surface area contributed by atoms with Gasteiger partial charge in [0.15, 0.2) is 0 Å². The lowest BCUT2D eigenvalue weighted by Crippen LogP contribution is -2.62. The summed E-state index contributed by atoms with van der Waals surface area (Å²) in [4.78, 5) is 11.7. The number of fused-ring (bicyclic) bond motifs is 8. The number of hydrogen-bond acceptors (Lipinski definition) is 3. The summed E-state index contributed by atoms with van der Waals surface area (Å²) in [6.07, 6.45) is 7.98. The normalized spacial score (nSPS) is 16.7. The molecule has 6 aromatic rings. The number of hydrogen-bond donors (Lipinski definition) is 0. The smallest absolute Gasteiger partial charge is 0.244 e. The SMILES string of the molecule is c1ccc(B2c3ccccc3C3(c4ccncc42)c2ccccc2N(c2ccccc2)c2cnccc23)cc1. The van der Waals surface area contributed by atoms with Gasteiger partial charge in [0.2, 0.25) is 6.71 Å². The van der Waals surface area contributed by atoms with E-state index in [0.29, 0.717) is 0 Å². The Hall–Kier alpha value is -4.96. The third-order valence-electron chi connectivity index (χ3n) is 8.38. The van der Waals surface area contributed by atoms with Crippen molar-refractivity contribution in [2.24, 2.45) is 0 Å². The number of aromatic nitrogens is 2. The van der Waals surface area contributed by atoms with E-state index in [4.69, 9.17) is 0 Å². The molecule has 2 aliphatic rings. The highest BCUT2D eigenvalue weighted by molar-refractivity contribution is 6.96. The Morgan fingerprint density at radius 3 is 1.90 bits per heavy atom. The molecular weight excluding hydrogens is 473 g/mol. The van der Waals surface area contributed by atoms with Crippen LogP contribution in [0.1, 0.15) is 22.3 Å². The van der Waals surface area contributed by atoms with Crippen LogP contribution in [0.2, 0.25) is 0 Å². The van der Waals surface area contributed by atoms with Crippen molar-refractivity contribution in [2.75, 3.05) is 4.90 Å². The maximum atomic E-state index is 4.68. The van der Waals surface area contributed by atoms with Crippen molar-refractivity contribution in [1.29, 1.82) is 0 Å². The van der Waals surface area contributed by atoms with Gasteiger partial charge in [0.1, 0.15) is 0 Å². The monoisotopic (exact) mass is 497 g/mol. The van der Waals surface area contributed by atoms with Crippen molar-refractivity contribution in [3.8, 4) is 0 Å². The van der Waals surface area contributed by atoms with E-state index >= 15 is 0 Å². The quantitative estimate of drug-likeness (QED) is 0.297. The molecule has 0 bridgehead atoms. The maximum absolute atomic E-state index is 4.68. The second-order valence-electron chi connectivity index (χ2n) is 10.2. The Labute approximate surface area is 228 Å². The molecule has 4 heteroatoms. The number of rotatable bonds is 2. The van der Waals surface area contributed by atoms with E-state index in [1.54, 1.807) is 0 Å². The molecule has 39 heavy (non-hydrogen) atoms. The third-order valence-corrected chi connectivity index (χ3v) is 8.38. The Morgan fingerprint density at radius 1 is 0.487 bits per heavy atom. The summed E-state index contributed by atoms with van der Waals surface area (Å²) in [5.74, 6) is 0. The maximum Gasteiger partial charge on any atom is 0.244 e. The number of pyridine rings is 2. The first-order valence-electron chi connectivity index (χ1n) is 13.4. The molecule has 8 rings (SSSR count). The van der Waals surface area contributed by atoms with Crippen molar-refractivity contribution in [3.05, 3.63) is 168 Å². The van der Waals surface area contributed by atoms with Crippen LogP contribution in [0.3, 0.4) is 0 Å². The molecule has 4 heterocycles. The van der Waals surface area contributed by atoms with E-state index in [0.717, 1.165) is 11.4 Å². The molecule has 0 amide bonds. The average Bonchev–Trinajstić information content (AvgIpc) is 3.02. The van der Waals surface area contributed by atoms with Crippen LogP contribution in [0.5, 0.6) is 0 Å². The zero-order valence-corrected chi connectivity index (χ0v) is 21.3. The van der Waals surface area contributed by atoms with Crippen LogP contribution in [-0.2, 0) is 5.41 Å². The lowest BCUT2D eigenvalue weighted by molar-refractivity contribution is 0.733. The van der Waals surface area contributed by atoms with Gasteiger partial charge < -0.3 is 4.90 Å². The van der Waals surface area contributed by atoms with Crippen molar-refractivity contribution >= 4 is 40.2 Å². The van der Waals surface area contributed by atoms with Crippen LogP contribution in [0.25, 0.3) is 0 Å². The fraction of sp³-hybridized carbons (Fsp3) is 0.0286. The summed E-state index contributed by atoms with van der Waals surface area (Å²) in [5, 5.41) is 0. The molecule has 1 spiro atoms. The van der Waals surface area contributed by atoms with Gasteiger partial charge >= 0.3 is 0 Å². The Bertz CT molecular complexity index is 1600. The van der Waals surface area contributed by atoms with Crippen molar-refractivity contribution in [2.45, 2.75) is 5.41 Å². The van der Waals surface area contributed by atoms with E-state index in [9.17, 15) is 0 Å². The van der Waals surface area contributed by atoms with Crippen LogP contribution < -0.4 is 21.3 Å². The number of para-hydroxylation sites is 2. The second-order valence-corrected chi connectivity index (χ2v) is 10.2. The van der Waals surface area contributed by atoms with Gasteiger partial charge in [-0.15, -0.1) is 0 Å². The predicted molar refractivity (Wildman–Crippen MR) is 160 cm³/mol. The van der Waals surface area contributed by atoms with Gasteiger partial charge in [-0.05, 0) is 58.0 Å². The minimum absolute atomic E-state index is 0.0985. The topological polar surface area (TPSA) is 29.0 Å². The molecule has 0 N–H and O–H groups in total. The molecule has 3 nitrogen and oxygen atoms in total. The van der Waals surface area contributed by atoms with E-state index in [1.807, 2.05) is 18.6 Å². The second kappa shape index (κ2) is 8.54. The highest BCUT2D eigenvalue weighted by atomic mass is 15.2. The molecule has 2 aliphatic heterocycles.